The Hall–Kier alpha value is -2.50. The van der Waals surface area contributed by atoms with Crippen LogP contribution >= 0.6 is 0 Å². The van der Waals surface area contributed by atoms with E-state index in [-0.39, 0.29) is 0 Å². The monoisotopic (exact) mass is 343 g/mol. The highest BCUT2D eigenvalue weighted by Gasteiger charge is 2.05. The molecule has 0 atom stereocenters. The molecule has 2 aromatic rings. The molecule has 0 aliphatic rings. The third-order valence-electron chi connectivity index (χ3n) is 3.78. The number of para-hydroxylation sites is 1. The van der Waals surface area contributed by atoms with Crippen molar-refractivity contribution in [2.75, 3.05) is 33.3 Å². The molecule has 0 aliphatic heterocycles. The predicted octanol–water partition coefficient (Wildman–Crippen LogP) is 2.33. The molecule has 0 aliphatic carbocycles. The van der Waals surface area contributed by atoms with Crippen molar-refractivity contribution in [1.29, 1.82) is 0 Å². The molecule has 136 valence electrons. The van der Waals surface area contributed by atoms with Crippen LogP contribution in [0.4, 0.5) is 0 Å². The fourth-order valence-corrected chi connectivity index (χ4v) is 2.46. The molecule has 1 heterocycles. The second kappa shape index (κ2) is 10.4. The van der Waals surface area contributed by atoms with Gasteiger partial charge in [0.2, 0.25) is 0 Å². The third-order valence-corrected chi connectivity index (χ3v) is 3.78. The SMILES string of the molecule is CCNC(=NCCCc1cnn(C)c1)N(C)CCOc1ccccc1. The average Bonchev–Trinajstić information content (AvgIpc) is 3.03. The van der Waals surface area contributed by atoms with E-state index in [9.17, 15) is 0 Å². The number of likely N-dealkylation sites (N-methyl/N-ethyl adjacent to an activating group) is 1. The normalized spacial score (nSPS) is 11.4. The molecule has 0 fully saturated rings. The minimum Gasteiger partial charge on any atom is -0.492 e. The maximum absolute atomic E-state index is 5.76. The van der Waals surface area contributed by atoms with E-state index in [2.05, 4.69) is 28.4 Å². The van der Waals surface area contributed by atoms with Gasteiger partial charge in [-0.3, -0.25) is 9.67 Å². The number of hydrogen-bond acceptors (Lipinski definition) is 3. The molecule has 1 aromatic heterocycles. The van der Waals surface area contributed by atoms with Crippen molar-refractivity contribution in [1.82, 2.24) is 20.0 Å². The summed E-state index contributed by atoms with van der Waals surface area (Å²) in [6, 6.07) is 9.88. The van der Waals surface area contributed by atoms with E-state index >= 15 is 0 Å². The zero-order valence-electron chi connectivity index (χ0n) is 15.5. The molecule has 0 radical (unpaired) electrons. The van der Waals surface area contributed by atoms with Crippen molar-refractivity contribution in [2.24, 2.45) is 12.0 Å². The number of hydrogen-bond donors (Lipinski definition) is 1. The Balaban J connectivity index is 1.74. The lowest BCUT2D eigenvalue weighted by Crippen LogP contribution is -2.41. The van der Waals surface area contributed by atoms with E-state index in [0.717, 1.165) is 44.2 Å². The zero-order valence-corrected chi connectivity index (χ0v) is 15.5. The molecule has 1 N–H and O–H groups in total. The minimum atomic E-state index is 0.626. The van der Waals surface area contributed by atoms with Crippen molar-refractivity contribution in [3.63, 3.8) is 0 Å². The van der Waals surface area contributed by atoms with Gasteiger partial charge in [0.25, 0.3) is 0 Å². The fourth-order valence-electron chi connectivity index (χ4n) is 2.46. The minimum absolute atomic E-state index is 0.626. The van der Waals surface area contributed by atoms with Crippen LogP contribution in [0, 0.1) is 0 Å². The van der Waals surface area contributed by atoms with Crippen molar-refractivity contribution >= 4 is 5.96 Å². The van der Waals surface area contributed by atoms with Crippen LogP contribution in [0.3, 0.4) is 0 Å². The second-order valence-electron chi connectivity index (χ2n) is 5.94. The van der Waals surface area contributed by atoms with Gasteiger partial charge < -0.3 is 15.0 Å². The van der Waals surface area contributed by atoms with Gasteiger partial charge in [-0.1, -0.05) is 18.2 Å². The van der Waals surface area contributed by atoms with Gasteiger partial charge in [-0.2, -0.15) is 5.10 Å². The lowest BCUT2D eigenvalue weighted by Gasteiger charge is -2.22. The maximum Gasteiger partial charge on any atom is 0.193 e. The molecule has 1 aromatic carbocycles. The largest absolute Gasteiger partial charge is 0.492 e. The molecule has 0 saturated heterocycles. The first-order valence-corrected chi connectivity index (χ1v) is 8.84. The van der Waals surface area contributed by atoms with Crippen molar-refractivity contribution in [3.05, 3.63) is 48.3 Å². The van der Waals surface area contributed by atoms with Crippen LogP contribution in [0.25, 0.3) is 0 Å². The molecule has 0 spiro atoms. The Bertz CT molecular complexity index is 638. The summed E-state index contributed by atoms with van der Waals surface area (Å²) in [6.45, 7) is 5.13. The summed E-state index contributed by atoms with van der Waals surface area (Å²) < 4.78 is 7.59. The van der Waals surface area contributed by atoms with Crippen LogP contribution in [-0.2, 0) is 13.5 Å². The topological polar surface area (TPSA) is 54.7 Å². The molecule has 25 heavy (non-hydrogen) atoms. The van der Waals surface area contributed by atoms with Crippen LogP contribution in [0.5, 0.6) is 5.75 Å². The quantitative estimate of drug-likeness (QED) is 0.431. The van der Waals surface area contributed by atoms with E-state index in [1.54, 1.807) is 0 Å². The number of aliphatic imine (C=N–C) groups is 1. The number of benzene rings is 1. The number of nitrogens with one attached hydrogen (secondary N) is 1. The van der Waals surface area contributed by atoms with Gasteiger partial charge >= 0.3 is 0 Å². The molecular formula is C19H29N5O. The lowest BCUT2D eigenvalue weighted by atomic mass is 10.2. The number of aromatic nitrogens is 2. The Morgan fingerprint density at radius 1 is 1.32 bits per heavy atom. The number of rotatable bonds is 9. The van der Waals surface area contributed by atoms with E-state index < -0.39 is 0 Å². The molecule has 6 nitrogen and oxygen atoms in total. The lowest BCUT2D eigenvalue weighted by molar-refractivity contribution is 0.281. The summed E-state index contributed by atoms with van der Waals surface area (Å²) in [5.41, 5.74) is 1.26. The first kappa shape index (κ1) is 18.8. The summed E-state index contributed by atoms with van der Waals surface area (Å²) in [4.78, 5) is 6.82. The van der Waals surface area contributed by atoms with Gasteiger partial charge in [0.15, 0.2) is 5.96 Å². The smallest absolute Gasteiger partial charge is 0.193 e. The average molecular weight is 343 g/mol. The number of aryl methyl sites for hydroxylation is 2. The van der Waals surface area contributed by atoms with Gasteiger partial charge in [0.05, 0.1) is 12.7 Å². The van der Waals surface area contributed by atoms with Crippen molar-refractivity contribution in [3.8, 4) is 5.75 Å². The fraction of sp³-hybridized carbons (Fsp3) is 0.474. The Morgan fingerprint density at radius 3 is 2.80 bits per heavy atom. The summed E-state index contributed by atoms with van der Waals surface area (Å²) in [6.07, 6.45) is 5.98. The van der Waals surface area contributed by atoms with Crippen LogP contribution in [0.2, 0.25) is 0 Å². The van der Waals surface area contributed by atoms with Crippen molar-refractivity contribution < 1.29 is 4.74 Å². The van der Waals surface area contributed by atoms with Crippen LogP contribution in [-0.4, -0.2) is 53.9 Å². The summed E-state index contributed by atoms with van der Waals surface area (Å²) in [7, 11) is 3.98. The van der Waals surface area contributed by atoms with Gasteiger partial charge in [-0.25, -0.2) is 0 Å². The molecular weight excluding hydrogens is 314 g/mol. The Morgan fingerprint density at radius 2 is 2.12 bits per heavy atom. The van der Waals surface area contributed by atoms with Gasteiger partial charge in [-0.05, 0) is 37.5 Å². The van der Waals surface area contributed by atoms with E-state index in [1.807, 2.05) is 55.3 Å². The van der Waals surface area contributed by atoms with Crippen molar-refractivity contribution in [2.45, 2.75) is 19.8 Å². The maximum atomic E-state index is 5.76. The summed E-state index contributed by atoms with van der Waals surface area (Å²) >= 11 is 0. The molecule has 0 unspecified atom stereocenters. The van der Waals surface area contributed by atoms with E-state index in [1.165, 1.54) is 5.56 Å². The summed E-state index contributed by atoms with van der Waals surface area (Å²) in [5, 5.41) is 7.53. The summed E-state index contributed by atoms with van der Waals surface area (Å²) in [5.74, 6) is 1.82. The van der Waals surface area contributed by atoms with Crippen LogP contribution in [0.15, 0.2) is 47.7 Å². The Kier molecular flexibility index (Phi) is 7.82. The van der Waals surface area contributed by atoms with Crippen LogP contribution in [0.1, 0.15) is 18.9 Å². The van der Waals surface area contributed by atoms with E-state index in [4.69, 9.17) is 9.73 Å². The van der Waals surface area contributed by atoms with Gasteiger partial charge in [0.1, 0.15) is 12.4 Å². The second-order valence-corrected chi connectivity index (χ2v) is 5.94. The van der Waals surface area contributed by atoms with Gasteiger partial charge in [-0.15, -0.1) is 0 Å². The predicted molar refractivity (Wildman–Crippen MR) is 102 cm³/mol. The van der Waals surface area contributed by atoms with Gasteiger partial charge in [0, 0.05) is 33.4 Å². The number of nitrogens with zero attached hydrogens (tertiary/aromatic N) is 4. The van der Waals surface area contributed by atoms with Crippen LogP contribution < -0.4 is 10.1 Å². The highest BCUT2D eigenvalue weighted by molar-refractivity contribution is 5.79. The number of ether oxygens (including phenoxy) is 1. The molecule has 0 bridgehead atoms. The zero-order chi connectivity index (χ0) is 17.9. The molecule has 2 rings (SSSR count). The Labute approximate surface area is 150 Å². The third kappa shape index (κ3) is 6.87. The first-order valence-electron chi connectivity index (χ1n) is 8.84. The van der Waals surface area contributed by atoms with E-state index in [0.29, 0.717) is 6.61 Å². The molecule has 0 amide bonds. The highest BCUT2D eigenvalue weighted by atomic mass is 16.5. The number of guanidine groups is 1. The standard InChI is InChI=1S/C19H29N5O/c1-4-20-19(21-12-8-9-17-15-22-24(3)16-17)23(2)13-14-25-18-10-6-5-7-11-18/h5-7,10-11,15-16H,4,8-9,12-14H2,1-3H3,(H,20,21). The molecule has 0 saturated carbocycles. The highest BCUT2D eigenvalue weighted by Crippen LogP contribution is 2.07. The first-order chi connectivity index (χ1) is 12.2. The molecule has 6 heteroatoms.